The number of carbonyl (C=O) groups excluding carboxylic acids is 2. The third-order valence-electron chi connectivity index (χ3n) is 5.64. The Morgan fingerprint density at radius 3 is 2.35 bits per heavy atom. The maximum absolute atomic E-state index is 12.5. The van der Waals surface area contributed by atoms with E-state index in [1.807, 2.05) is 11.0 Å². The van der Waals surface area contributed by atoms with Gasteiger partial charge in [0.15, 0.2) is 0 Å². The average molecular weight is 359 g/mol. The van der Waals surface area contributed by atoms with E-state index in [0.717, 1.165) is 39.1 Å². The summed E-state index contributed by atoms with van der Waals surface area (Å²) in [6.45, 7) is 7.02. The molecule has 1 N–H and O–H groups in total. The standard InChI is InChI=1S/C20H29N3O3/c1-17(24)23-11-9-22(10-12-23)15-19(25)21-16-20(7-13-26-14-8-20)18-5-3-2-4-6-18/h2-6H,7-16H2,1H3,(H,21,25). The van der Waals surface area contributed by atoms with E-state index in [1.54, 1.807) is 6.92 Å². The number of ether oxygens (including phenoxy) is 1. The Labute approximate surface area is 155 Å². The number of hydrogen-bond donors (Lipinski definition) is 1. The van der Waals surface area contributed by atoms with E-state index in [1.165, 1.54) is 5.56 Å². The highest BCUT2D eigenvalue weighted by Crippen LogP contribution is 2.34. The Bertz CT molecular complexity index is 606. The van der Waals surface area contributed by atoms with Crippen molar-refractivity contribution in [3.05, 3.63) is 35.9 Å². The Kier molecular flexibility index (Phi) is 6.27. The van der Waals surface area contributed by atoms with Crippen LogP contribution in [0, 0.1) is 0 Å². The van der Waals surface area contributed by atoms with Gasteiger partial charge in [0.1, 0.15) is 0 Å². The number of carbonyl (C=O) groups is 2. The molecule has 0 saturated carbocycles. The minimum Gasteiger partial charge on any atom is -0.381 e. The van der Waals surface area contributed by atoms with E-state index in [2.05, 4.69) is 34.5 Å². The molecular formula is C20H29N3O3. The lowest BCUT2D eigenvalue weighted by molar-refractivity contribution is -0.131. The molecule has 1 aromatic rings. The molecule has 3 rings (SSSR count). The zero-order valence-electron chi connectivity index (χ0n) is 15.6. The molecule has 0 aliphatic carbocycles. The van der Waals surface area contributed by atoms with Gasteiger partial charge in [-0.1, -0.05) is 30.3 Å². The van der Waals surface area contributed by atoms with Crippen LogP contribution in [0.4, 0.5) is 0 Å². The lowest BCUT2D eigenvalue weighted by Gasteiger charge is -2.38. The number of piperazine rings is 1. The van der Waals surface area contributed by atoms with Gasteiger partial charge in [0.05, 0.1) is 6.54 Å². The third-order valence-corrected chi connectivity index (χ3v) is 5.64. The van der Waals surface area contributed by atoms with Gasteiger partial charge in [0, 0.05) is 58.3 Å². The number of nitrogens with zero attached hydrogens (tertiary/aromatic N) is 2. The predicted molar refractivity (Wildman–Crippen MR) is 99.9 cm³/mol. The largest absolute Gasteiger partial charge is 0.381 e. The van der Waals surface area contributed by atoms with Gasteiger partial charge in [-0.05, 0) is 18.4 Å². The molecule has 142 valence electrons. The quantitative estimate of drug-likeness (QED) is 0.853. The lowest BCUT2D eigenvalue weighted by atomic mass is 9.74. The number of nitrogens with one attached hydrogen (secondary N) is 1. The van der Waals surface area contributed by atoms with Crippen molar-refractivity contribution < 1.29 is 14.3 Å². The first kappa shape index (κ1) is 18.9. The van der Waals surface area contributed by atoms with E-state index < -0.39 is 0 Å². The molecule has 2 aliphatic heterocycles. The second-order valence-corrected chi connectivity index (χ2v) is 7.32. The van der Waals surface area contributed by atoms with Crippen molar-refractivity contribution in [2.45, 2.75) is 25.2 Å². The van der Waals surface area contributed by atoms with Gasteiger partial charge >= 0.3 is 0 Å². The van der Waals surface area contributed by atoms with Gasteiger partial charge in [-0.15, -0.1) is 0 Å². The Morgan fingerprint density at radius 1 is 1.08 bits per heavy atom. The molecule has 2 aliphatic rings. The average Bonchev–Trinajstić information content (AvgIpc) is 2.68. The first-order valence-electron chi connectivity index (χ1n) is 9.47. The molecule has 0 spiro atoms. The van der Waals surface area contributed by atoms with E-state index in [9.17, 15) is 9.59 Å². The third kappa shape index (κ3) is 4.62. The fourth-order valence-electron chi connectivity index (χ4n) is 3.87. The summed E-state index contributed by atoms with van der Waals surface area (Å²) in [4.78, 5) is 27.8. The zero-order chi connectivity index (χ0) is 18.4. The van der Waals surface area contributed by atoms with Gasteiger partial charge in [0.2, 0.25) is 11.8 Å². The normalized spacial score (nSPS) is 20.6. The fraction of sp³-hybridized carbons (Fsp3) is 0.600. The van der Waals surface area contributed by atoms with E-state index in [0.29, 0.717) is 26.2 Å². The minimum absolute atomic E-state index is 0.0392. The minimum atomic E-state index is -0.0392. The van der Waals surface area contributed by atoms with Crippen LogP contribution < -0.4 is 5.32 Å². The van der Waals surface area contributed by atoms with E-state index in [4.69, 9.17) is 4.74 Å². The molecule has 2 saturated heterocycles. The highest BCUT2D eigenvalue weighted by molar-refractivity contribution is 5.78. The summed E-state index contributed by atoms with van der Waals surface area (Å²) in [5.74, 6) is 0.168. The molecule has 2 heterocycles. The molecular weight excluding hydrogens is 330 g/mol. The van der Waals surface area contributed by atoms with Gasteiger partial charge in [0.25, 0.3) is 0 Å². The maximum Gasteiger partial charge on any atom is 0.234 e. The summed E-state index contributed by atoms with van der Waals surface area (Å²) >= 11 is 0. The van der Waals surface area contributed by atoms with Gasteiger partial charge in [-0.2, -0.15) is 0 Å². The molecule has 6 nitrogen and oxygen atoms in total. The van der Waals surface area contributed by atoms with Crippen LogP contribution in [-0.2, 0) is 19.7 Å². The highest BCUT2D eigenvalue weighted by Gasteiger charge is 2.34. The van der Waals surface area contributed by atoms with Crippen LogP contribution >= 0.6 is 0 Å². The molecule has 0 radical (unpaired) electrons. The molecule has 0 bridgehead atoms. The topological polar surface area (TPSA) is 61.9 Å². The molecule has 1 aromatic carbocycles. The zero-order valence-corrected chi connectivity index (χ0v) is 15.6. The van der Waals surface area contributed by atoms with Crippen LogP contribution in [0.5, 0.6) is 0 Å². The van der Waals surface area contributed by atoms with Crippen molar-refractivity contribution in [3.8, 4) is 0 Å². The van der Waals surface area contributed by atoms with Crippen molar-refractivity contribution in [2.75, 3.05) is 52.5 Å². The monoisotopic (exact) mass is 359 g/mol. The number of amides is 2. The van der Waals surface area contributed by atoms with Crippen LogP contribution in [0.15, 0.2) is 30.3 Å². The van der Waals surface area contributed by atoms with Gasteiger partial charge in [-0.3, -0.25) is 14.5 Å². The van der Waals surface area contributed by atoms with Crippen LogP contribution in [0.25, 0.3) is 0 Å². The van der Waals surface area contributed by atoms with Crippen molar-refractivity contribution in [2.24, 2.45) is 0 Å². The Hall–Kier alpha value is -1.92. The highest BCUT2D eigenvalue weighted by atomic mass is 16.5. The van der Waals surface area contributed by atoms with Crippen LogP contribution in [0.1, 0.15) is 25.3 Å². The lowest BCUT2D eigenvalue weighted by Crippen LogP contribution is -2.52. The first-order chi connectivity index (χ1) is 12.6. The van der Waals surface area contributed by atoms with Crippen molar-refractivity contribution in [1.82, 2.24) is 15.1 Å². The fourth-order valence-corrected chi connectivity index (χ4v) is 3.87. The number of rotatable bonds is 5. The molecule has 2 fully saturated rings. The SMILES string of the molecule is CC(=O)N1CCN(CC(=O)NCC2(c3ccccc3)CCOCC2)CC1. The van der Waals surface area contributed by atoms with Crippen LogP contribution in [-0.4, -0.2) is 74.1 Å². The molecule has 26 heavy (non-hydrogen) atoms. The van der Waals surface area contributed by atoms with Crippen molar-refractivity contribution >= 4 is 11.8 Å². The van der Waals surface area contributed by atoms with E-state index >= 15 is 0 Å². The number of benzene rings is 1. The summed E-state index contributed by atoms with van der Waals surface area (Å²) in [6, 6.07) is 10.4. The summed E-state index contributed by atoms with van der Waals surface area (Å²) < 4.78 is 5.55. The summed E-state index contributed by atoms with van der Waals surface area (Å²) in [5, 5.41) is 3.16. The maximum atomic E-state index is 12.5. The first-order valence-corrected chi connectivity index (χ1v) is 9.47. The molecule has 6 heteroatoms. The van der Waals surface area contributed by atoms with Crippen molar-refractivity contribution in [3.63, 3.8) is 0 Å². The Balaban J connectivity index is 1.53. The molecule has 0 atom stereocenters. The number of hydrogen-bond acceptors (Lipinski definition) is 4. The summed E-state index contributed by atoms with van der Waals surface area (Å²) in [7, 11) is 0. The van der Waals surface area contributed by atoms with Crippen molar-refractivity contribution in [1.29, 1.82) is 0 Å². The summed E-state index contributed by atoms with van der Waals surface area (Å²) in [6.07, 6.45) is 1.85. The van der Waals surface area contributed by atoms with Crippen LogP contribution in [0.2, 0.25) is 0 Å². The van der Waals surface area contributed by atoms with Gasteiger partial charge in [-0.25, -0.2) is 0 Å². The molecule has 2 amide bonds. The molecule has 0 aromatic heterocycles. The van der Waals surface area contributed by atoms with E-state index in [-0.39, 0.29) is 17.2 Å². The van der Waals surface area contributed by atoms with Gasteiger partial charge < -0.3 is 15.0 Å². The molecule has 0 unspecified atom stereocenters. The second-order valence-electron chi connectivity index (χ2n) is 7.32. The van der Waals surface area contributed by atoms with Crippen LogP contribution in [0.3, 0.4) is 0 Å². The summed E-state index contributed by atoms with van der Waals surface area (Å²) in [5.41, 5.74) is 1.24. The Morgan fingerprint density at radius 2 is 1.73 bits per heavy atom. The smallest absolute Gasteiger partial charge is 0.234 e. The predicted octanol–water partition coefficient (Wildman–Crippen LogP) is 1.02. The second kappa shape index (κ2) is 8.64.